The maximum Gasteiger partial charge on any atom is 0.323 e. The summed E-state index contributed by atoms with van der Waals surface area (Å²) < 4.78 is 17.1. The van der Waals surface area contributed by atoms with Gasteiger partial charge >= 0.3 is 17.9 Å². The Balaban J connectivity index is 0.00000278. The molecule has 0 fully saturated rings. The van der Waals surface area contributed by atoms with E-state index in [4.69, 9.17) is 31.4 Å². The van der Waals surface area contributed by atoms with Gasteiger partial charge in [0.1, 0.15) is 31.9 Å². The number of rotatable bonds is 22. The lowest BCUT2D eigenvalue weighted by atomic mass is 10.0. The molecule has 0 aliphatic rings. The number of nitrogens with two attached hydrogens (primary N) is 3. The zero-order valence-electron chi connectivity index (χ0n) is 29.7. The highest BCUT2D eigenvalue weighted by atomic mass is 16.5. The molecule has 274 valence electrons. The number of hydrogen-bond donors (Lipinski definition) is 4. The van der Waals surface area contributed by atoms with E-state index in [1.807, 2.05) is 103 Å². The van der Waals surface area contributed by atoms with E-state index in [9.17, 15) is 14.4 Å². The first-order valence-corrected chi connectivity index (χ1v) is 17.6. The normalized spacial score (nSPS) is 12.6. The van der Waals surface area contributed by atoms with E-state index in [1.165, 1.54) is 0 Å². The number of nitrogens with one attached hydrogen (secondary N) is 1. The van der Waals surface area contributed by atoms with Gasteiger partial charge in [0.05, 0.1) is 6.54 Å². The van der Waals surface area contributed by atoms with Crippen molar-refractivity contribution in [3.8, 4) is 0 Å². The molecule has 3 aromatic rings. The number of carbonyl (C=O) groups is 3. The Morgan fingerprint density at radius 1 is 0.640 bits per heavy atom. The Bertz CT molecular complexity index is 1270. The molecule has 11 heteroatoms. The summed E-state index contributed by atoms with van der Waals surface area (Å²) in [6.07, 6.45) is 2.99. The highest BCUT2D eigenvalue weighted by Crippen LogP contribution is 2.19. The molecule has 0 aromatic heterocycles. The van der Waals surface area contributed by atoms with Crippen molar-refractivity contribution in [1.29, 1.82) is 0 Å². The first kappa shape index (κ1) is 42.0. The molecule has 11 nitrogen and oxygen atoms in total. The third-order valence-corrected chi connectivity index (χ3v) is 7.79. The number of esters is 3. The number of benzene rings is 3. The summed E-state index contributed by atoms with van der Waals surface area (Å²) in [4.78, 5) is 42.0. The van der Waals surface area contributed by atoms with Crippen LogP contribution in [0.3, 0.4) is 0 Å². The molecule has 0 saturated carbocycles. The average Bonchev–Trinajstić information content (AvgIpc) is 3.15. The SMILES string of the molecule is CCCCC(CN(C(CCN)C(=O)OCc1ccccc1)C(CCN)C(=O)OCc1ccccc1)NCC(=O)OCc1ccccc1.CCN. The molecule has 3 aromatic carbocycles. The van der Waals surface area contributed by atoms with E-state index in [-0.39, 0.29) is 64.9 Å². The van der Waals surface area contributed by atoms with Crippen molar-refractivity contribution in [2.24, 2.45) is 17.2 Å². The van der Waals surface area contributed by atoms with Crippen molar-refractivity contribution in [2.75, 3.05) is 32.7 Å². The van der Waals surface area contributed by atoms with Crippen LogP contribution in [0.15, 0.2) is 91.0 Å². The largest absolute Gasteiger partial charge is 0.460 e. The van der Waals surface area contributed by atoms with Gasteiger partial charge in [-0.1, -0.05) is 118 Å². The van der Waals surface area contributed by atoms with Gasteiger partial charge in [0.15, 0.2) is 0 Å². The molecule has 0 heterocycles. The predicted octanol–water partition coefficient (Wildman–Crippen LogP) is 4.07. The van der Waals surface area contributed by atoms with Crippen LogP contribution in [0.4, 0.5) is 0 Å². The second-order valence-corrected chi connectivity index (χ2v) is 11.8. The second-order valence-electron chi connectivity index (χ2n) is 11.8. The number of nitrogens with zero attached hydrogens (tertiary/aromatic N) is 1. The second kappa shape index (κ2) is 25.8. The molecule has 0 radical (unpaired) electrons. The fraction of sp³-hybridized carbons (Fsp3) is 0.462. The Morgan fingerprint density at radius 2 is 1.04 bits per heavy atom. The first-order chi connectivity index (χ1) is 24.4. The molecule has 0 bridgehead atoms. The summed E-state index contributed by atoms with van der Waals surface area (Å²) in [5, 5.41) is 3.33. The van der Waals surface area contributed by atoms with Crippen LogP contribution in [0, 0.1) is 0 Å². The van der Waals surface area contributed by atoms with Crippen molar-refractivity contribution in [1.82, 2.24) is 10.2 Å². The molecule has 50 heavy (non-hydrogen) atoms. The van der Waals surface area contributed by atoms with Crippen LogP contribution in [-0.4, -0.2) is 73.7 Å². The van der Waals surface area contributed by atoms with Gasteiger partial charge in [0, 0.05) is 12.6 Å². The van der Waals surface area contributed by atoms with Crippen LogP contribution in [-0.2, 0) is 48.4 Å². The minimum Gasteiger partial charge on any atom is -0.460 e. The fourth-order valence-electron chi connectivity index (χ4n) is 5.26. The number of ether oxygens (including phenoxy) is 3. The zero-order chi connectivity index (χ0) is 36.4. The summed E-state index contributed by atoms with van der Waals surface area (Å²) in [7, 11) is 0. The maximum atomic E-state index is 13.7. The third kappa shape index (κ3) is 16.5. The predicted molar refractivity (Wildman–Crippen MR) is 196 cm³/mol. The zero-order valence-corrected chi connectivity index (χ0v) is 29.7. The molecular formula is C39H57N5O6. The summed E-state index contributed by atoms with van der Waals surface area (Å²) in [5.41, 5.74) is 19.5. The van der Waals surface area contributed by atoms with E-state index in [1.54, 1.807) is 0 Å². The summed E-state index contributed by atoms with van der Waals surface area (Å²) in [6.45, 7) is 5.67. The lowest BCUT2D eigenvalue weighted by Crippen LogP contribution is -2.57. The molecule has 0 aliphatic carbocycles. The van der Waals surface area contributed by atoms with Crippen molar-refractivity contribution in [2.45, 2.75) is 83.9 Å². The Morgan fingerprint density at radius 3 is 1.42 bits per heavy atom. The van der Waals surface area contributed by atoms with Crippen LogP contribution in [0.25, 0.3) is 0 Å². The molecule has 3 rings (SSSR count). The van der Waals surface area contributed by atoms with E-state index in [0.717, 1.165) is 36.1 Å². The molecule has 0 aliphatic heterocycles. The van der Waals surface area contributed by atoms with E-state index < -0.39 is 30.0 Å². The molecule has 3 unspecified atom stereocenters. The van der Waals surface area contributed by atoms with Gasteiger partial charge < -0.3 is 36.7 Å². The van der Waals surface area contributed by atoms with Crippen LogP contribution >= 0.6 is 0 Å². The molecule has 7 N–H and O–H groups in total. The van der Waals surface area contributed by atoms with Crippen LogP contribution in [0.2, 0.25) is 0 Å². The van der Waals surface area contributed by atoms with Gasteiger partial charge in [-0.15, -0.1) is 0 Å². The standard InChI is InChI=1S/C37H50N4O6.C2H7N/c1-2-3-19-32(40-24-35(42)45-26-29-13-7-4-8-14-29)25-41(33(20-22-38)36(43)46-27-30-15-9-5-10-16-30)34(21-23-39)37(44)47-28-31-17-11-6-12-18-31;1-2-3/h4-18,32-34,40H,2-3,19-28,38-39H2,1H3;2-3H2,1H3. The Kier molecular flexibility index (Phi) is 21.7. The average molecular weight is 692 g/mol. The van der Waals surface area contributed by atoms with Gasteiger partial charge in [-0.2, -0.15) is 0 Å². The number of unbranched alkanes of at least 4 members (excludes halogenated alkanes) is 1. The monoisotopic (exact) mass is 691 g/mol. The van der Waals surface area contributed by atoms with Crippen molar-refractivity contribution < 1.29 is 28.6 Å². The Hall–Kier alpha value is -4.13. The summed E-state index contributed by atoms with van der Waals surface area (Å²) >= 11 is 0. The maximum absolute atomic E-state index is 13.7. The fourth-order valence-corrected chi connectivity index (χ4v) is 5.26. The molecule has 3 atom stereocenters. The first-order valence-electron chi connectivity index (χ1n) is 17.6. The van der Waals surface area contributed by atoms with Crippen molar-refractivity contribution in [3.05, 3.63) is 108 Å². The number of hydrogen-bond acceptors (Lipinski definition) is 11. The number of carbonyl (C=O) groups excluding carboxylic acids is 3. The molecular weight excluding hydrogens is 634 g/mol. The summed E-state index contributed by atoms with van der Waals surface area (Å²) in [6, 6.07) is 26.3. The quantitative estimate of drug-likeness (QED) is 0.0884. The summed E-state index contributed by atoms with van der Waals surface area (Å²) in [5.74, 6) is -1.38. The minimum absolute atomic E-state index is 0.0327. The van der Waals surface area contributed by atoms with Crippen molar-refractivity contribution >= 4 is 17.9 Å². The van der Waals surface area contributed by atoms with Gasteiger partial charge in [0.25, 0.3) is 0 Å². The van der Waals surface area contributed by atoms with Gasteiger partial charge in [-0.05, 0) is 55.6 Å². The molecule has 0 spiro atoms. The molecule has 0 amide bonds. The highest BCUT2D eigenvalue weighted by Gasteiger charge is 2.38. The van der Waals surface area contributed by atoms with Crippen LogP contribution in [0.1, 0.15) is 62.6 Å². The minimum atomic E-state index is -0.847. The van der Waals surface area contributed by atoms with Crippen LogP contribution in [0.5, 0.6) is 0 Å². The molecule has 0 saturated heterocycles. The smallest absolute Gasteiger partial charge is 0.323 e. The van der Waals surface area contributed by atoms with E-state index in [2.05, 4.69) is 12.2 Å². The Labute approximate surface area is 297 Å². The van der Waals surface area contributed by atoms with Gasteiger partial charge in [-0.25, -0.2) is 0 Å². The van der Waals surface area contributed by atoms with Crippen LogP contribution < -0.4 is 22.5 Å². The third-order valence-electron chi connectivity index (χ3n) is 7.79. The lowest BCUT2D eigenvalue weighted by molar-refractivity contribution is -0.160. The lowest BCUT2D eigenvalue weighted by Gasteiger charge is -2.38. The van der Waals surface area contributed by atoms with Gasteiger partial charge in [-0.3, -0.25) is 19.3 Å². The highest BCUT2D eigenvalue weighted by molar-refractivity contribution is 5.80. The topological polar surface area (TPSA) is 172 Å². The van der Waals surface area contributed by atoms with E-state index in [0.29, 0.717) is 6.42 Å². The van der Waals surface area contributed by atoms with Gasteiger partial charge in [0.2, 0.25) is 0 Å². The van der Waals surface area contributed by atoms with Crippen molar-refractivity contribution in [3.63, 3.8) is 0 Å². The van der Waals surface area contributed by atoms with E-state index >= 15 is 0 Å².